The first-order chi connectivity index (χ1) is 8.45. The fourth-order valence-electron chi connectivity index (χ4n) is 2.36. The summed E-state index contributed by atoms with van der Waals surface area (Å²) < 4.78 is 0. The first kappa shape index (κ1) is 15.2. The van der Waals surface area contributed by atoms with Crippen molar-refractivity contribution < 1.29 is 5.21 Å². The fraction of sp³-hybridized carbons (Fsp3) is 0.923. The molecule has 0 saturated carbocycles. The lowest BCUT2D eigenvalue weighted by Crippen LogP contribution is -2.33. The molecule has 106 valence electrons. The van der Waals surface area contributed by atoms with Gasteiger partial charge in [0.1, 0.15) is 5.84 Å². The van der Waals surface area contributed by atoms with Gasteiger partial charge in [0.05, 0.1) is 0 Å². The zero-order chi connectivity index (χ0) is 13.6. The molecule has 0 bridgehead atoms. The summed E-state index contributed by atoms with van der Waals surface area (Å²) in [4.78, 5) is 2.36. The summed E-state index contributed by atoms with van der Waals surface area (Å²) >= 11 is 0. The molecule has 0 amide bonds. The molecule has 4 N–H and O–H groups in total. The second-order valence-electron chi connectivity index (χ2n) is 6.03. The van der Waals surface area contributed by atoms with Gasteiger partial charge in [-0.3, -0.25) is 0 Å². The van der Waals surface area contributed by atoms with Crippen molar-refractivity contribution in [2.45, 2.75) is 45.6 Å². The summed E-state index contributed by atoms with van der Waals surface area (Å²) in [7, 11) is 2.17. The van der Waals surface area contributed by atoms with Gasteiger partial charge in [-0.1, -0.05) is 25.4 Å². The third-order valence-corrected chi connectivity index (χ3v) is 3.85. The quantitative estimate of drug-likeness (QED) is 0.210. The summed E-state index contributed by atoms with van der Waals surface area (Å²) in [6.45, 7) is 7.46. The van der Waals surface area contributed by atoms with E-state index in [1.165, 1.54) is 13.0 Å². The number of nitrogens with zero attached hydrogens (tertiary/aromatic N) is 2. The highest BCUT2D eigenvalue weighted by Gasteiger charge is 2.23. The number of unbranched alkanes of at least 4 members (excludes halogenated alkanes) is 1. The molecule has 1 rings (SSSR count). The van der Waals surface area contributed by atoms with Crippen molar-refractivity contribution in [2.24, 2.45) is 16.3 Å². The van der Waals surface area contributed by atoms with Crippen molar-refractivity contribution in [3.05, 3.63) is 0 Å². The second kappa shape index (κ2) is 6.95. The molecule has 0 aliphatic carbocycles. The Bertz CT molecular complexity index is 278. The van der Waals surface area contributed by atoms with Crippen LogP contribution in [0.3, 0.4) is 0 Å². The minimum absolute atomic E-state index is 0.206. The molecule has 0 aromatic rings. The Morgan fingerprint density at radius 3 is 2.78 bits per heavy atom. The van der Waals surface area contributed by atoms with Gasteiger partial charge in [0.2, 0.25) is 0 Å². The molecule has 1 unspecified atom stereocenters. The number of likely N-dealkylation sites (N-methyl/N-ethyl adjacent to an activating group) is 1. The Morgan fingerprint density at radius 2 is 2.22 bits per heavy atom. The van der Waals surface area contributed by atoms with Crippen molar-refractivity contribution in [2.75, 3.05) is 26.7 Å². The molecule has 1 fully saturated rings. The molecule has 1 atom stereocenters. The van der Waals surface area contributed by atoms with Gasteiger partial charge in [-0.2, -0.15) is 0 Å². The SMILES string of the molecule is CN1CCC(NCCCCC(C)(C)C(N)=NO)C1. The molecule has 5 heteroatoms. The summed E-state index contributed by atoms with van der Waals surface area (Å²) in [5.41, 5.74) is 5.45. The van der Waals surface area contributed by atoms with E-state index in [-0.39, 0.29) is 5.41 Å². The van der Waals surface area contributed by atoms with Gasteiger partial charge in [-0.15, -0.1) is 0 Å². The van der Waals surface area contributed by atoms with E-state index >= 15 is 0 Å². The highest BCUT2D eigenvalue weighted by Crippen LogP contribution is 2.23. The van der Waals surface area contributed by atoms with Crippen LogP contribution in [0.5, 0.6) is 0 Å². The van der Waals surface area contributed by atoms with E-state index in [9.17, 15) is 0 Å². The maximum atomic E-state index is 8.69. The topological polar surface area (TPSA) is 73.9 Å². The number of hydrogen-bond donors (Lipinski definition) is 3. The zero-order valence-electron chi connectivity index (χ0n) is 11.9. The normalized spacial score (nSPS) is 22.6. The number of rotatable bonds is 7. The maximum absolute atomic E-state index is 8.69. The van der Waals surface area contributed by atoms with Gasteiger partial charge >= 0.3 is 0 Å². The molecular weight excluding hydrogens is 228 g/mol. The number of hydrogen-bond acceptors (Lipinski definition) is 4. The van der Waals surface area contributed by atoms with Crippen LogP contribution < -0.4 is 11.1 Å². The first-order valence-electron chi connectivity index (χ1n) is 6.85. The van der Waals surface area contributed by atoms with Crippen LogP contribution in [0.15, 0.2) is 5.16 Å². The molecule has 0 spiro atoms. The Kier molecular flexibility index (Phi) is 5.88. The van der Waals surface area contributed by atoms with E-state index in [2.05, 4.69) is 22.4 Å². The highest BCUT2D eigenvalue weighted by molar-refractivity contribution is 5.85. The largest absolute Gasteiger partial charge is 0.409 e. The molecule has 18 heavy (non-hydrogen) atoms. The molecule has 5 nitrogen and oxygen atoms in total. The van der Waals surface area contributed by atoms with Crippen LogP contribution in [0.1, 0.15) is 39.5 Å². The van der Waals surface area contributed by atoms with Crippen molar-refractivity contribution in [3.63, 3.8) is 0 Å². The average Bonchev–Trinajstić information content (AvgIpc) is 2.73. The first-order valence-corrected chi connectivity index (χ1v) is 6.85. The molecule has 1 heterocycles. The minimum atomic E-state index is -0.206. The molecule has 1 aliphatic heterocycles. The smallest absolute Gasteiger partial charge is 0.144 e. The zero-order valence-corrected chi connectivity index (χ0v) is 11.9. The van der Waals surface area contributed by atoms with Crippen LogP contribution in [-0.2, 0) is 0 Å². The average molecular weight is 256 g/mol. The van der Waals surface area contributed by atoms with Crippen molar-refractivity contribution in [3.8, 4) is 0 Å². The molecular formula is C13H28N4O. The Balaban J connectivity index is 2.08. The van der Waals surface area contributed by atoms with Gasteiger partial charge in [0.25, 0.3) is 0 Å². The van der Waals surface area contributed by atoms with E-state index in [1.54, 1.807) is 0 Å². The molecule has 0 radical (unpaired) electrons. The van der Waals surface area contributed by atoms with Gasteiger partial charge < -0.3 is 21.2 Å². The molecule has 0 aromatic heterocycles. The van der Waals surface area contributed by atoms with E-state index in [0.717, 1.165) is 32.4 Å². The lowest BCUT2D eigenvalue weighted by atomic mass is 9.86. The summed E-state index contributed by atoms with van der Waals surface area (Å²) in [6.07, 6.45) is 4.45. The summed E-state index contributed by atoms with van der Waals surface area (Å²) in [6, 6.07) is 0.659. The second-order valence-corrected chi connectivity index (χ2v) is 6.03. The number of amidine groups is 1. The summed E-state index contributed by atoms with van der Waals surface area (Å²) in [5.74, 6) is 0.327. The third-order valence-electron chi connectivity index (χ3n) is 3.85. The van der Waals surface area contributed by atoms with Gasteiger partial charge in [0, 0.05) is 18.0 Å². The number of oxime groups is 1. The van der Waals surface area contributed by atoms with Gasteiger partial charge in [0.15, 0.2) is 0 Å². The number of nitrogens with two attached hydrogens (primary N) is 1. The third kappa shape index (κ3) is 4.82. The number of nitrogens with one attached hydrogen (secondary N) is 1. The maximum Gasteiger partial charge on any atom is 0.144 e. The van der Waals surface area contributed by atoms with E-state index in [1.807, 2.05) is 13.8 Å². The van der Waals surface area contributed by atoms with Crippen LogP contribution in [-0.4, -0.2) is 48.7 Å². The molecule has 0 aromatic carbocycles. The lowest BCUT2D eigenvalue weighted by molar-refractivity contribution is 0.304. The molecule has 1 aliphatic rings. The monoisotopic (exact) mass is 256 g/mol. The number of likely N-dealkylation sites (tertiary alicyclic amines) is 1. The predicted octanol–water partition coefficient (Wildman–Crippen LogP) is 1.22. The highest BCUT2D eigenvalue weighted by atomic mass is 16.4. The van der Waals surface area contributed by atoms with Gasteiger partial charge in [-0.25, -0.2) is 0 Å². The van der Waals surface area contributed by atoms with Crippen molar-refractivity contribution in [1.82, 2.24) is 10.2 Å². The van der Waals surface area contributed by atoms with Crippen LogP contribution in [0.2, 0.25) is 0 Å². The van der Waals surface area contributed by atoms with Crippen LogP contribution in [0.25, 0.3) is 0 Å². The van der Waals surface area contributed by atoms with Crippen molar-refractivity contribution in [1.29, 1.82) is 0 Å². The standard InChI is InChI=1S/C13H28N4O/c1-13(2,12(14)16-18)7-4-5-8-15-11-6-9-17(3)10-11/h11,15,18H,4-10H2,1-3H3,(H2,14,16). The van der Waals surface area contributed by atoms with Crippen LogP contribution in [0, 0.1) is 5.41 Å². The molecule has 1 saturated heterocycles. The Morgan fingerprint density at radius 1 is 1.50 bits per heavy atom. The van der Waals surface area contributed by atoms with E-state index < -0.39 is 0 Å². The predicted molar refractivity (Wildman–Crippen MR) is 74.9 cm³/mol. The van der Waals surface area contributed by atoms with Crippen LogP contribution in [0.4, 0.5) is 0 Å². The fourth-order valence-corrected chi connectivity index (χ4v) is 2.36. The van der Waals surface area contributed by atoms with E-state index in [4.69, 9.17) is 10.9 Å². The Hall–Kier alpha value is -0.810. The van der Waals surface area contributed by atoms with Crippen LogP contribution >= 0.6 is 0 Å². The Labute approximate surface area is 110 Å². The lowest BCUT2D eigenvalue weighted by Gasteiger charge is -2.22. The van der Waals surface area contributed by atoms with E-state index in [0.29, 0.717) is 11.9 Å². The van der Waals surface area contributed by atoms with Gasteiger partial charge in [-0.05, 0) is 39.4 Å². The minimum Gasteiger partial charge on any atom is -0.409 e. The summed E-state index contributed by atoms with van der Waals surface area (Å²) in [5, 5.41) is 15.4. The van der Waals surface area contributed by atoms with Crippen molar-refractivity contribution >= 4 is 5.84 Å².